The van der Waals surface area contributed by atoms with Gasteiger partial charge in [0.05, 0.1) is 7.11 Å². The van der Waals surface area contributed by atoms with Gasteiger partial charge in [-0.15, -0.1) is 11.3 Å². The fourth-order valence-electron chi connectivity index (χ4n) is 3.18. The normalized spacial score (nSPS) is 18.5. The van der Waals surface area contributed by atoms with E-state index in [1.54, 1.807) is 7.11 Å². The first-order valence-electron chi connectivity index (χ1n) is 7.64. The summed E-state index contributed by atoms with van der Waals surface area (Å²) in [5.74, 6) is 0.962. The molecule has 0 bridgehead atoms. The Bertz CT molecular complexity index is 619. The van der Waals surface area contributed by atoms with E-state index in [4.69, 9.17) is 4.74 Å². The van der Waals surface area contributed by atoms with Crippen molar-refractivity contribution >= 4 is 11.3 Å². The van der Waals surface area contributed by atoms with Crippen LogP contribution in [-0.4, -0.2) is 13.2 Å². The molecule has 21 heavy (non-hydrogen) atoms. The molecule has 2 unspecified atom stereocenters. The monoisotopic (exact) mass is 301 g/mol. The van der Waals surface area contributed by atoms with Gasteiger partial charge in [-0.2, -0.15) is 0 Å². The lowest BCUT2D eigenvalue weighted by Crippen LogP contribution is -2.30. The molecule has 1 aliphatic carbocycles. The number of methoxy groups -OCH3 is 1. The van der Waals surface area contributed by atoms with Crippen molar-refractivity contribution in [3.05, 3.63) is 51.2 Å². The van der Waals surface area contributed by atoms with E-state index >= 15 is 0 Å². The highest BCUT2D eigenvalue weighted by molar-refractivity contribution is 7.11. The van der Waals surface area contributed by atoms with E-state index < -0.39 is 0 Å². The van der Waals surface area contributed by atoms with E-state index in [0.29, 0.717) is 12.1 Å². The van der Waals surface area contributed by atoms with E-state index in [1.165, 1.54) is 33.7 Å². The molecule has 1 aromatic carbocycles. The molecule has 0 saturated carbocycles. The minimum Gasteiger partial charge on any atom is -0.497 e. The second-order valence-electron chi connectivity index (χ2n) is 5.94. The highest BCUT2D eigenvalue weighted by Gasteiger charge is 2.24. The number of aryl methyl sites for hydroxylation is 2. The van der Waals surface area contributed by atoms with E-state index in [1.807, 2.05) is 11.3 Å². The van der Waals surface area contributed by atoms with Gasteiger partial charge in [-0.1, -0.05) is 6.07 Å². The van der Waals surface area contributed by atoms with Crippen molar-refractivity contribution in [2.24, 2.45) is 0 Å². The number of rotatable bonds is 5. The zero-order valence-corrected chi connectivity index (χ0v) is 13.8. The average Bonchev–Trinajstić information content (AvgIpc) is 3.05. The van der Waals surface area contributed by atoms with Gasteiger partial charge >= 0.3 is 0 Å². The summed E-state index contributed by atoms with van der Waals surface area (Å²) in [5, 5.41) is 3.80. The molecule has 0 spiro atoms. The Hall–Kier alpha value is -1.32. The van der Waals surface area contributed by atoms with Crippen molar-refractivity contribution in [1.29, 1.82) is 0 Å². The molecule has 2 atom stereocenters. The Morgan fingerprint density at radius 1 is 1.33 bits per heavy atom. The summed E-state index contributed by atoms with van der Waals surface area (Å²) in [5.41, 5.74) is 2.89. The van der Waals surface area contributed by atoms with Gasteiger partial charge in [0.25, 0.3) is 0 Å². The maximum Gasteiger partial charge on any atom is 0.119 e. The van der Waals surface area contributed by atoms with Crippen LogP contribution in [0.3, 0.4) is 0 Å². The lowest BCUT2D eigenvalue weighted by atomic mass is 10.1. The van der Waals surface area contributed by atoms with Crippen LogP contribution in [0.2, 0.25) is 0 Å². The molecule has 2 nitrogen and oxygen atoms in total. The van der Waals surface area contributed by atoms with Gasteiger partial charge in [0.15, 0.2) is 0 Å². The van der Waals surface area contributed by atoms with Gasteiger partial charge in [0.2, 0.25) is 0 Å². The molecule has 0 radical (unpaired) electrons. The topological polar surface area (TPSA) is 21.3 Å². The van der Waals surface area contributed by atoms with E-state index in [9.17, 15) is 0 Å². The number of hydrogen-bond acceptors (Lipinski definition) is 3. The minimum atomic E-state index is 0.464. The van der Waals surface area contributed by atoms with Crippen molar-refractivity contribution in [2.75, 3.05) is 7.11 Å². The molecule has 2 aromatic rings. The number of thiophene rings is 1. The van der Waals surface area contributed by atoms with Crippen molar-refractivity contribution < 1.29 is 4.74 Å². The summed E-state index contributed by atoms with van der Waals surface area (Å²) >= 11 is 1.91. The van der Waals surface area contributed by atoms with Crippen LogP contribution < -0.4 is 10.1 Å². The number of benzene rings is 1. The molecule has 1 aliphatic rings. The fraction of sp³-hybridized carbons (Fsp3) is 0.444. The van der Waals surface area contributed by atoms with Gasteiger partial charge in [-0.3, -0.25) is 0 Å². The number of fused-ring (bicyclic) bond motifs is 1. The third-order valence-electron chi connectivity index (χ3n) is 4.22. The quantitative estimate of drug-likeness (QED) is 0.890. The lowest BCUT2D eigenvalue weighted by Gasteiger charge is -2.20. The number of ether oxygens (including phenoxy) is 1. The molecule has 112 valence electrons. The van der Waals surface area contributed by atoms with Crippen LogP contribution in [0, 0.1) is 6.92 Å². The van der Waals surface area contributed by atoms with Gasteiger partial charge in [0, 0.05) is 21.8 Å². The standard InChI is InChI=1S/C18H23NOS/c1-12(10-16-8-4-13(2)21-16)19-18-9-6-14-5-7-15(20-3)11-17(14)18/h4-5,7-8,11-12,18-19H,6,9-10H2,1-3H3. The van der Waals surface area contributed by atoms with Crippen molar-refractivity contribution in [2.45, 2.75) is 45.2 Å². The SMILES string of the molecule is COc1ccc2c(c1)C(NC(C)Cc1ccc(C)s1)CC2. The average molecular weight is 301 g/mol. The van der Waals surface area contributed by atoms with Crippen molar-refractivity contribution in [1.82, 2.24) is 5.32 Å². The predicted molar refractivity (Wildman–Crippen MR) is 89.4 cm³/mol. The van der Waals surface area contributed by atoms with Crippen LogP contribution in [0.25, 0.3) is 0 Å². The van der Waals surface area contributed by atoms with Gasteiger partial charge in [0.1, 0.15) is 5.75 Å². The van der Waals surface area contributed by atoms with Crippen LogP contribution in [-0.2, 0) is 12.8 Å². The molecular formula is C18H23NOS. The maximum absolute atomic E-state index is 5.37. The molecule has 3 rings (SSSR count). The molecular weight excluding hydrogens is 278 g/mol. The Labute approximate surface area is 131 Å². The van der Waals surface area contributed by atoms with Crippen molar-refractivity contribution in [3.63, 3.8) is 0 Å². The molecule has 0 amide bonds. The molecule has 1 aromatic heterocycles. The summed E-state index contributed by atoms with van der Waals surface area (Å²) in [6.45, 7) is 4.46. The summed E-state index contributed by atoms with van der Waals surface area (Å²) in [6.07, 6.45) is 3.46. The molecule has 1 N–H and O–H groups in total. The first kappa shape index (κ1) is 14.6. The smallest absolute Gasteiger partial charge is 0.119 e. The molecule has 0 aliphatic heterocycles. The summed E-state index contributed by atoms with van der Waals surface area (Å²) in [6, 6.07) is 11.9. The zero-order valence-electron chi connectivity index (χ0n) is 13.0. The number of nitrogens with one attached hydrogen (secondary N) is 1. The van der Waals surface area contributed by atoms with E-state index in [-0.39, 0.29) is 0 Å². The Morgan fingerprint density at radius 3 is 2.90 bits per heavy atom. The zero-order chi connectivity index (χ0) is 14.8. The van der Waals surface area contributed by atoms with Crippen LogP contribution in [0.1, 0.15) is 40.3 Å². The summed E-state index contributed by atoms with van der Waals surface area (Å²) in [7, 11) is 1.74. The summed E-state index contributed by atoms with van der Waals surface area (Å²) in [4.78, 5) is 2.87. The molecule has 1 heterocycles. The Morgan fingerprint density at radius 2 is 2.19 bits per heavy atom. The van der Waals surface area contributed by atoms with Gasteiger partial charge in [-0.05, 0) is 68.5 Å². The predicted octanol–water partition coefficient (Wildman–Crippen LogP) is 4.27. The molecule has 3 heteroatoms. The lowest BCUT2D eigenvalue weighted by molar-refractivity contribution is 0.411. The molecule has 0 fully saturated rings. The molecule has 0 saturated heterocycles. The highest BCUT2D eigenvalue weighted by Crippen LogP contribution is 2.34. The second kappa shape index (κ2) is 6.20. The minimum absolute atomic E-state index is 0.464. The first-order valence-corrected chi connectivity index (χ1v) is 8.45. The van der Waals surface area contributed by atoms with E-state index in [2.05, 4.69) is 49.5 Å². The van der Waals surface area contributed by atoms with Crippen LogP contribution in [0.15, 0.2) is 30.3 Å². The number of hydrogen-bond donors (Lipinski definition) is 1. The van der Waals surface area contributed by atoms with Crippen LogP contribution >= 0.6 is 11.3 Å². The van der Waals surface area contributed by atoms with Gasteiger partial charge in [-0.25, -0.2) is 0 Å². The largest absolute Gasteiger partial charge is 0.497 e. The Kier molecular flexibility index (Phi) is 4.32. The highest BCUT2D eigenvalue weighted by atomic mass is 32.1. The van der Waals surface area contributed by atoms with E-state index in [0.717, 1.165) is 12.2 Å². The first-order chi connectivity index (χ1) is 10.2. The summed E-state index contributed by atoms with van der Waals surface area (Å²) < 4.78 is 5.37. The Balaban J connectivity index is 1.67. The second-order valence-corrected chi connectivity index (χ2v) is 7.31. The van der Waals surface area contributed by atoms with Crippen LogP contribution in [0.5, 0.6) is 5.75 Å². The van der Waals surface area contributed by atoms with Gasteiger partial charge < -0.3 is 10.1 Å². The third-order valence-corrected chi connectivity index (χ3v) is 5.24. The fourth-order valence-corrected chi connectivity index (χ4v) is 4.20. The third kappa shape index (κ3) is 3.30. The van der Waals surface area contributed by atoms with Crippen LogP contribution in [0.4, 0.5) is 0 Å². The maximum atomic E-state index is 5.37. The van der Waals surface area contributed by atoms with Crippen molar-refractivity contribution in [3.8, 4) is 5.75 Å².